The number of aliphatic imine (C=N–C) groups is 1. The van der Waals surface area contributed by atoms with Crippen molar-refractivity contribution in [2.75, 3.05) is 30.3 Å². The molecular formula is C15H20ClN5OS. The molecule has 2 aromatic rings. The first-order valence-electron chi connectivity index (χ1n) is 7.38. The molecule has 0 spiro atoms. The Kier molecular flexibility index (Phi) is 7.25. The molecule has 0 aliphatic heterocycles. The molecule has 2 rings (SSSR count). The number of rotatable bonds is 9. The molecule has 23 heavy (non-hydrogen) atoms. The molecule has 6 nitrogen and oxygen atoms in total. The summed E-state index contributed by atoms with van der Waals surface area (Å²) in [6.45, 7) is 3.53. The summed E-state index contributed by atoms with van der Waals surface area (Å²) in [5.41, 5.74) is 1.91. The molecule has 0 radical (unpaired) electrons. The monoisotopic (exact) mass is 353 g/mol. The van der Waals surface area contributed by atoms with Gasteiger partial charge in [0.1, 0.15) is 0 Å². The van der Waals surface area contributed by atoms with E-state index in [9.17, 15) is 0 Å². The summed E-state index contributed by atoms with van der Waals surface area (Å²) in [6.07, 6.45) is 1.69. The minimum atomic E-state index is 0.221. The first-order valence-corrected chi connectivity index (χ1v) is 8.53. The normalized spacial score (nSPS) is 11.5. The topological polar surface area (TPSA) is 82.4 Å². The number of hydrogen-bond donors (Lipinski definition) is 3. The lowest BCUT2D eigenvalue weighted by Gasteiger charge is -2.02. The number of aromatic nitrogens is 2. The van der Waals surface area contributed by atoms with Gasteiger partial charge in [-0.3, -0.25) is 4.99 Å². The van der Waals surface area contributed by atoms with Crippen LogP contribution >= 0.6 is 23.1 Å². The highest BCUT2D eigenvalue weighted by atomic mass is 35.5. The number of unbranched alkanes of at least 4 members (excludes halogenated alkanes) is 1. The molecule has 3 N–H and O–H groups in total. The van der Waals surface area contributed by atoms with Gasteiger partial charge in [0.15, 0.2) is 0 Å². The molecular weight excluding hydrogens is 334 g/mol. The van der Waals surface area contributed by atoms with Gasteiger partial charge in [-0.05, 0) is 44.0 Å². The summed E-state index contributed by atoms with van der Waals surface area (Å²) < 4.78 is 4.25. The van der Waals surface area contributed by atoms with Gasteiger partial charge in [0.25, 0.3) is 0 Å². The molecule has 0 fully saturated rings. The number of aliphatic hydroxyl groups is 1. The van der Waals surface area contributed by atoms with Crippen molar-refractivity contribution in [3.8, 4) is 0 Å². The van der Waals surface area contributed by atoms with Gasteiger partial charge in [-0.15, -0.1) is 0 Å². The molecule has 0 aliphatic carbocycles. The van der Waals surface area contributed by atoms with Crippen LogP contribution in [0.25, 0.3) is 0 Å². The number of halogens is 1. The Bertz CT molecular complexity index is 629. The van der Waals surface area contributed by atoms with E-state index >= 15 is 0 Å². The van der Waals surface area contributed by atoms with Crippen LogP contribution < -0.4 is 10.6 Å². The highest BCUT2D eigenvalue weighted by Crippen LogP contribution is 2.21. The van der Waals surface area contributed by atoms with Crippen LogP contribution in [0.5, 0.6) is 0 Å². The lowest BCUT2D eigenvalue weighted by molar-refractivity contribution is 0.285. The highest BCUT2D eigenvalue weighted by Gasteiger charge is 2.04. The molecule has 1 aromatic heterocycles. The number of benzene rings is 1. The fraction of sp³-hybridized carbons (Fsp3) is 0.400. The first kappa shape index (κ1) is 17.7. The number of hydrogen-bond acceptors (Lipinski definition) is 7. The maximum Gasteiger partial charge on any atom is 0.236 e. The maximum absolute atomic E-state index is 8.72. The zero-order valence-electron chi connectivity index (χ0n) is 12.9. The van der Waals surface area contributed by atoms with Gasteiger partial charge in [-0.2, -0.15) is 9.36 Å². The van der Waals surface area contributed by atoms with Crippen LogP contribution in [0.2, 0.25) is 5.02 Å². The Morgan fingerprint density at radius 1 is 1.30 bits per heavy atom. The summed E-state index contributed by atoms with van der Waals surface area (Å²) >= 11 is 7.15. The van der Waals surface area contributed by atoms with Gasteiger partial charge in [0.2, 0.25) is 11.1 Å². The Morgan fingerprint density at radius 2 is 2.09 bits per heavy atom. The van der Waals surface area contributed by atoms with Crippen LogP contribution in [0.15, 0.2) is 29.3 Å². The largest absolute Gasteiger partial charge is 0.396 e. The Balaban J connectivity index is 1.79. The van der Waals surface area contributed by atoms with Crippen molar-refractivity contribution in [3.05, 3.63) is 29.3 Å². The van der Waals surface area contributed by atoms with Crippen molar-refractivity contribution in [1.29, 1.82) is 0 Å². The van der Waals surface area contributed by atoms with E-state index in [4.69, 9.17) is 16.7 Å². The number of aliphatic hydroxyl groups excluding tert-OH is 1. The van der Waals surface area contributed by atoms with Crippen LogP contribution in [0, 0.1) is 0 Å². The van der Waals surface area contributed by atoms with Crippen molar-refractivity contribution < 1.29 is 5.11 Å². The van der Waals surface area contributed by atoms with Gasteiger partial charge < -0.3 is 15.7 Å². The zero-order chi connectivity index (χ0) is 16.5. The van der Waals surface area contributed by atoms with Gasteiger partial charge in [-0.25, -0.2) is 0 Å². The maximum atomic E-state index is 8.72. The van der Waals surface area contributed by atoms with E-state index in [2.05, 4.69) is 25.0 Å². The minimum absolute atomic E-state index is 0.221. The smallest absolute Gasteiger partial charge is 0.236 e. The van der Waals surface area contributed by atoms with Crippen LogP contribution in [0.3, 0.4) is 0 Å². The third kappa shape index (κ3) is 6.52. The Labute approximate surface area is 144 Å². The van der Waals surface area contributed by atoms with E-state index in [1.807, 2.05) is 31.2 Å². The lowest BCUT2D eigenvalue weighted by atomic mass is 10.3. The summed E-state index contributed by atoms with van der Waals surface area (Å²) in [4.78, 5) is 8.80. The molecule has 0 amide bonds. The zero-order valence-corrected chi connectivity index (χ0v) is 14.5. The fourth-order valence-electron chi connectivity index (χ4n) is 1.76. The Morgan fingerprint density at radius 3 is 2.83 bits per heavy atom. The molecule has 1 heterocycles. The SMILES string of the molecule is CC(CNc1nsc(Nc2ccc(Cl)cc2)n1)=NCCCCO. The fourth-order valence-corrected chi connectivity index (χ4v) is 2.45. The second-order valence-corrected chi connectivity index (χ2v) is 6.14. The van der Waals surface area contributed by atoms with Gasteiger partial charge >= 0.3 is 0 Å². The van der Waals surface area contributed by atoms with Gasteiger partial charge in [0.05, 0.1) is 6.54 Å². The van der Waals surface area contributed by atoms with E-state index in [0.717, 1.165) is 30.8 Å². The summed E-state index contributed by atoms with van der Waals surface area (Å²) in [7, 11) is 0. The van der Waals surface area contributed by atoms with Gasteiger partial charge in [-0.1, -0.05) is 11.6 Å². The van der Waals surface area contributed by atoms with Crippen LogP contribution in [-0.4, -0.2) is 39.9 Å². The second kappa shape index (κ2) is 9.44. The summed E-state index contributed by atoms with van der Waals surface area (Å²) in [6, 6.07) is 7.42. The van der Waals surface area contributed by atoms with Crippen molar-refractivity contribution in [1.82, 2.24) is 9.36 Å². The average Bonchev–Trinajstić information content (AvgIpc) is 2.99. The molecule has 0 saturated carbocycles. The predicted molar refractivity (Wildman–Crippen MR) is 97.4 cm³/mol. The summed E-state index contributed by atoms with van der Waals surface area (Å²) in [5, 5.41) is 16.5. The van der Waals surface area contributed by atoms with Crippen molar-refractivity contribution in [3.63, 3.8) is 0 Å². The molecule has 0 saturated heterocycles. The quantitative estimate of drug-likeness (QED) is 0.474. The number of nitrogens with one attached hydrogen (secondary N) is 2. The Hall–Kier alpha value is -1.70. The van der Waals surface area contributed by atoms with Gasteiger partial charge in [0, 0.05) is 41.1 Å². The van der Waals surface area contributed by atoms with Crippen LogP contribution in [0.1, 0.15) is 19.8 Å². The third-order valence-corrected chi connectivity index (χ3v) is 3.85. The second-order valence-electron chi connectivity index (χ2n) is 4.96. The van der Waals surface area contributed by atoms with E-state index in [1.165, 1.54) is 11.5 Å². The predicted octanol–water partition coefficient (Wildman–Crippen LogP) is 3.58. The lowest BCUT2D eigenvalue weighted by Crippen LogP contribution is -2.12. The van der Waals surface area contributed by atoms with Crippen molar-refractivity contribution in [2.45, 2.75) is 19.8 Å². The average molecular weight is 354 g/mol. The third-order valence-electron chi connectivity index (χ3n) is 2.97. The van der Waals surface area contributed by atoms with E-state index < -0.39 is 0 Å². The molecule has 8 heteroatoms. The van der Waals surface area contributed by atoms with E-state index in [-0.39, 0.29) is 6.61 Å². The van der Waals surface area contributed by atoms with Crippen LogP contribution in [-0.2, 0) is 0 Å². The molecule has 0 aliphatic rings. The molecule has 1 aromatic carbocycles. The molecule has 0 bridgehead atoms. The number of anilines is 3. The van der Waals surface area contributed by atoms with Crippen LogP contribution in [0.4, 0.5) is 16.8 Å². The number of nitrogens with zero attached hydrogens (tertiary/aromatic N) is 3. The van der Waals surface area contributed by atoms with Crippen molar-refractivity contribution in [2.24, 2.45) is 4.99 Å². The van der Waals surface area contributed by atoms with Crippen molar-refractivity contribution >= 4 is 45.6 Å². The molecule has 0 unspecified atom stereocenters. The standard InChI is InChI=1S/C15H20ClN5OS/c1-11(17-8-2-3-9-22)10-18-14-20-15(23-21-14)19-13-6-4-12(16)5-7-13/h4-7,22H,2-3,8-10H2,1H3,(H2,18,19,20,21). The molecule has 124 valence electrons. The van der Waals surface area contributed by atoms with E-state index in [1.54, 1.807) is 0 Å². The molecule has 0 atom stereocenters. The summed E-state index contributed by atoms with van der Waals surface area (Å²) in [5.74, 6) is 0.580. The minimum Gasteiger partial charge on any atom is -0.396 e. The highest BCUT2D eigenvalue weighted by molar-refractivity contribution is 7.10. The van der Waals surface area contributed by atoms with E-state index in [0.29, 0.717) is 22.6 Å². The first-order chi connectivity index (χ1) is 11.2.